The molecule has 7 nitrogen and oxygen atoms in total. The Labute approximate surface area is 205 Å². The lowest BCUT2D eigenvalue weighted by Crippen LogP contribution is -2.38. The van der Waals surface area contributed by atoms with E-state index in [1.165, 1.54) is 6.07 Å². The number of amides is 1. The third kappa shape index (κ3) is 9.51. The molecule has 0 unspecified atom stereocenters. The summed E-state index contributed by atoms with van der Waals surface area (Å²) in [5.74, 6) is 0.119. The van der Waals surface area contributed by atoms with Crippen LogP contribution in [0.2, 0.25) is 0 Å². The van der Waals surface area contributed by atoms with Gasteiger partial charge >= 0.3 is 6.09 Å². The van der Waals surface area contributed by atoms with E-state index in [2.05, 4.69) is 20.9 Å². The van der Waals surface area contributed by atoms with E-state index in [0.29, 0.717) is 23.8 Å². The summed E-state index contributed by atoms with van der Waals surface area (Å²) in [5.41, 5.74) is 1.93. The van der Waals surface area contributed by atoms with Gasteiger partial charge in [-0.3, -0.25) is 10.3 Å². The maximum Gasteiger partial charge on any atom is 0.412 e. The molecule has 2 aromatic carbocycles. The molecule has 0 saturated carbocycles. The normalized spacial score (nSPS) is 11.1. The van der Waals surface area contributed by atoms with Crippen LogP contribution in [0, 0.1) is 17.1 Å². The van der Waals surface area contributed by atoms with Crippen LogP contribution in [0.3, 0.4) is 0 Å². The number of nitrogens with zero attached hydrogens (tertiary/aromatic N) is 2. The maximum atomic E-state index is 14.0. The highest BCUT2D eigenvalue weighted by Gasteiger charge is 2.16. The average Bonchev–Trinajstić information content (AvgIpc) is 2.71. The quantitative estimate of drug-likeness (QED) is 0.277. The molecule has 9 heteroatoms. The first kappa shape index (κ1) is 27.2. The summed E-state index contributed by atoms with van der Waals surface area (Å²) in [7, 11) is 1.64. The molecule has 1 amide bonds. The van der Waals surface area contributed by atoms with E-state index < -0.39 is 17.5 Å². The molecule has 0 radical (unpaired) electrons. The van der Waals surface area contributed by atoms with E-state index in [-0.39, 0.29) is 36.1 Å². The van der Waals surface area contributed by atoms with Gasteiger partial charge in [0.25, 0.3) is 0 Å². The fourth-order valence-electron chi connectivity index (χ4n) is 2.66. The van der Waals surface area contributed by atoms with Crippen LogP contribution in [-0.2, 0) is 17.7 Å². The number of nitrogens with one attached hydrogen (secondary N) is 3. The van der Waals surface area contributed by atoms with Gasteiger partial charge in [0.2, 0.25) is 0 Å². The van der Waals surface area contributed by atoms with E-state index in [1.807, 2.05) is 51.1 Å². The zero-order valence-corrected chi connectivity index (χ0v) is 21.0. The minimum absolute atomic E-state index is 0. The second-order valence-corrected chi connectivity index (χ2v) is 7.84. The van der Waals surface area contributed by atoms with Gasteiger partial charge in [-0.2, -0.15) is 5.26 Å². The Kier molecular flexibility index (Phi) is 10.9. The summed E-state index contributed by atoms with van der Waals surface area (Å²) in [6, 6.07) is 13.8. The van der Waals surface area contributed by atoms with Crippen LogP contribution in [0.15, 0.2) is 47.5 Å². The molecule has 0 saturated heterocycles. The minimum atomic E-state index is -0.547. The molecule has 0 spiro atoms. The SMILES string of the molecule is CN=C(NCCc1ccc(NC(=O)OC(C)(C)C)cc1)NCc1ccc(C#N)cc1F.I. The summed E-state index contributed by atoms with van der Waals surface area (Å²) >= 11 is 0. The first-order valence-corrected chi connectivity index (χ1v) is 9.92. The van der Waals surface area contributed by atoms with Crippen molar-refractivity contribution >= 4 is 41.7 Å². The number of guanidine groups is 1. The predicted octanol–water partition coefficient (Wildman–Crippen LogP) is 4.57. The number of nitriles is 1. The van der Waals surface area contributed by atoms with Crippen LogP contribution >= 0.6 is 24.0 Å². The van der Waals surface area contributed by atoms with Crippen molar-refractivity contribution in [2.75, 3.05) is 18.9 Å². The van der Waals surface area contributed by atoms with Crippen molar-refractivity contribution in [3.63, 3.8) is 0 Å². The van der Waals surface area contributed by atoms with Gasteiger partial charge in [0, 0.05) is 31.4 Å². The largest absolute Gasteiger partial charge is 0.444 e. The fourth-order valence-corrected chi connectivity index (χ4v) is 2.66. The summed E-state index contributed by atoms with van der Waals surface area (Å²) in [5, 5.41) is 17.7. The lowest BCUT2D eigenvalue weighted by molar-refractivity contribution is 0.0636. The number of carbonyl (C=O) groups excluding carboxylic acids is 1. The van der Waals surface area contributed by atoms with Gasteiger partial charge in [-0.1, -0.05) is 18.2 Å². The van der Waals surface area contributed by atoms with E-state index in [0.717, 1.165) is 12.0 Å². The van der Waals surface area contributed by atoms with E-state index in [9.17, 15) is 9.18 Å². The zero-order chi connectivity index (χ0) is 22.9. The van der Waals surface area contributed by atoms with Crippen LogP contribution in [0.25, 0.3) is 0 Å². The number of ether oxygens (including phenoxy) is 1. The second-order valence-electron chi connectivity index (χ2n) is 7.84. The average molecular weight is 553 g/mol. The van der Waals surface area contributed by atoms with Crippen LogP contribution in [0.5, 0.6) is 0 Å². The molecule has 0 aliphatic rings. The first-order chi connectivity index (χ1) is 14.7. The van der Waals surface area contributed by atoms with Crippen LogP contribution in [0.4, 0.5) is 14.9 Å². The van der Waals surface area contributed by atoms with Crippen molar-refractivity contribution in [2.45, 2.75) is 39.3 Å². The number of hydrogen-bond donors (Lipinski definition) is 3. The molecule has 0 heterocycles. The molecule has 0 aliphatic heterocycles. The van der Waals surface area contributed by atoms with Gasteiger partial charge < -0.3 is 15.4 Å². The lowest BCUT2D eigenvalue weighted by atomic mass is 10.1. The van der Waals surface area contributed by atoms with Crippen LogP contribution < -0.4 is 16.0 Å². The molecule has 172 valence electrons. The standard InChI is InChI=1S/C23H28FN5O2.HI/c1-23(2,3)31-22(30)29-19-9-6-16(7-10-19)11-12-27-21(26-4)28-15-18-8-5-17(14-25)13-20(18)24;/h5-10,13H,11-12,15H2,1-4H3,(H,29,30)(H2,26,27,28);1H. The van der Waals surface area contributed by atoms with Crippen molar-refractivity contribution in [2.24, 2.45) is 4.99 Å². The number of carbonyl (C=O) groups is 1. The van der Waals surface area contributed by atoms with Crippen LogP contribution in [-0.4, -0.2) is 31.2 Å². The number of aliphatic imine (C=N–C) groups is 1. The highest BCUT2D eigenvalue weighted by atomic mass is 127. The Bertz CT molecular complexity index is 966. The molecular formula is C23H29FIN5O2. The van der Waals surface area contributed by atoms with Crippen molar-refractivity contribution in [3.05, 3.63) is 65.0 Å². The molecular weight excluding hydrogens is 524 g/mol. The van der Waals surface area contributed by atoms with E-state index in [1.54, 1.807) is 19.2 Å². The molecule has 0 bridgehead atoms. The van der Waals surface area contributed by atoms with Crippen molar-refractivity contribution in [1.29, 1.82) is 5.26 Å². The number of benzene rings is 2. The number of anilines is 1. The fraction of sp³-hybridized carbons (Fsp3) is 0.348. The molecule has 32 heavy (non-hydrogen) atoms. The highest BCUT2D eigenvalue weighted by Crippen LogP contribution is 2.13. The van der Waals surface area contributed by atoms with E-state index >= 15 is 0 Å². The highest BCUT2D eigenvalue weighted by molar-refractivity contribution is 14.0. The summed E-state index contributed by atoms with van der Waals surface area (Å²) in [6.45, 7) is 6.31. The predicted molar refractivity (Wildman–Crippen MR) is 135 cm³/mol. The molecule has 3 N–H and O–H groups in total. The number of hydrogen-bond acceptors (Lipinski definition) is 4. The Hall–Kier alpha value is -2.87. The van der Waals surface area contributed by atoms with Crippen molar-refractivity contribution < 1.29 is 13.9 Å². The van der Waals surface area contributed by atoms with Gasteiger partial charge in [-0.05, 0) is 57.0 Å². The molecule has 0 fully saturated rings. The third-order valence-electron chi connectivity index (χ3n) is 4.16. The molecule has 0 atom stereocenters. The van der Waals surface area contributed by atoms with Crippen LogP contribution in [0.1, 0.15) is 37.5 Å². The van der Waals surface area contributed by atoms with Gasteiger partial charge in [0.1, 0.15) is 11.4 Å². The van der Waals surface area contributed by atoms with E-state index in [4.69, 9.17) is 10.00 Å². The zero-order valence-electron chi connectivity index (χ0n) is 18.7. The third-order valence-corrected chi connectivity index (χ3v) is 4.16. The second kappa shape index (κ2) is 12.9. The molecule has 2 aromatic rings. The number of rotatable bonds is 6. The summed E-state index contributed by atoms with van der Waals surface area (Å²) < 4.78 is 19.2. The topological polar surface area (TPSA) is 98.5 Å². The lowest BCUT2D eigenvalue weighted by Gasteiger charge is -2.19. The van der Waals surface area contributed by atoms with Gasteiger partial charge in [0.05, 0.1) is 11.6 Å². The Morgan fingerprint density at radius 2 is 1.84 bits per heavy atom. The van der Waals surface area contributed by atoms with Crippen molar-refractivity contribution in [3.8, 4) is 6.07 Å². The van der Waals surface area contributed by atoms with Gasteiger partial charge in [-0.15, -0.1) is 24.0 Å². The first-order valence-electron chi connectivity index (χ1n) is 9.92. The monoisotopic (exact) mass is 553 g/mol. The Morgan fingerprint density at radius 3 is 2.41 bits per heavy atom. The Morgan fingerprint density at radius 1 is 1.16 bits per heavy atom. The van der Waals surface area contributed by atoms with Gasteiger partial charge in [-0.25, -0.2) is 9.18 Å². The van der Waals surface area contributed by atoms with Gasteiger partial charge in [0.15, 0.2) is 5.96 Å². The molecule has 2 rings (SSSR count). The molecule has 0 aliphatic carbocycles. The Balaban J connectivity index is 0.00000512. The number of halogens is 2. The minimum Gasteiger partial charge on any atom is -0.444 e. The summed E-state index contributed by atoms with van der Waals surface area (Å²) in [4.78, 5) is 15.9. The smallest absolute Gasteiger partial charge is 0.412 e. The summed E-state index contributed by atoms with van der Waals surface area (Å²) in [6.07, 6.45) is 0.244. The molecule has 0 aromatic heterocycles. The van der Waals surface area contributed by atoms with Crippen molar-refractivity contribution in [1.82, 2.24) is 10.6 Å². The maximum absolute atomic E-state index is 14.0.